The Morgan fingerprint density at radius 2 is 1.92 bits per heavy atom. The molecule has 5 N–H and O–H groups in total. The van der Waals surface area contributed by atoms with E-state index >= 15 is 8.78 Å². The summed E-state index contributed by atoms with van der Waals surface area (Å²) in [4.78, 5) is 25.9. The van der Waals surface area contributed by atoms with Crippen LogP contribution >= 0.6 is 23.5 Å². The lowest BCUT2D eigenvalue weighted by Crippen LogP contribution is -2.35. The molecule has 10 nitrogen and oxygen atoms in total. The number of aromatic nitrogens is 5. The summed E-state index contributed by atoms with van der Waals surface area (Å²) in [5.41, 5.74) is 7.19. The molecule has 5 aromatic rings. The number of hydrogen-bond acceptors (Lipinski definition) is 7. The van der Waals surface area contributed by atoms with E-state index in [4.69, 9.17) is 17.3 Å². The molecule has 6 rings (SSSR count). The molecule has 1 unspecified atom stereocenters. The fraction of sp³-hybridized carbons (Fsp3) is 0.303. The number of alkyl halides is 4. The third-order valence-corrected chi connectivity index (χ3v) is 9.36. The van der Waals surface area contributed by atoms with Crippen LogP contribution < -0.4 is 16.4 Å². The number of nitrogens with zero attached hydrogens (tertiary/aromatic N) is 5. The molecule has 0 fully saturated rings. The molecule has 0 aliphatic heterocycles. The second kappa shape index (κ2) is 14.1. The maximum Gasteiger partial charge on any atom is 0.292 e. The van der Waals surface area contributed by atoms with Crippen molar-refractivity contribution in [1.82, 2.24) is 30.0 Å². The molecule has 1 aliphatic carbocycles. The van der Waals surface area contributed by atoms with Crippen molar-refractivity contribution >= 4 is 52.0 Å². The van der Waals surface area contributed by atoms with Crippen molar-refractivity contribution in [3.8, 4) is 11.1 Å². The fourth-order valence-electron chi connectivity index (χ4n) is 6.50. The van der Waals surface area contributed by atoms with Crippen LogP contribution in [-0.2, 0) is 30.1 Å². The van der Waals surface area contributed by atoms with Gasteiger partial charge in [0.05, 0.1) is 51.6 Å². The number of amidine groups is 1. The standard InChI is InChI=1S/C33H30ClF6N9OS/c1-14-6-19-27(31(37)38)47-49(30(19)33(14,39)40)12-23(50)46-21(9-15-7-16(35)10-17(36)8-15)28-24(29-22(11-43-28)44-13-45-29)18-4-5-20(34)25(26(18)42-2)32(41)48-51-3/h4-5,7-8,10-11,13-14,21,31,42H,6,9,12H2,1-3H3,(H2,41,48)(H,44,45)(H,46,50)/t14?,21-/m1/s1. The van der Waals surface area contributed by atoms with Crippen molar-refractivity contribution in [2.45, 2.75) is 44.7 Å². The van der Waals surface area contributed by atoms with Crippen LogP contribution in [0.2, 0.25) is 5.02 Å². The van der Waals surface area contributed by atoms with Gasteiger partial charge in [0, 0.05) is 42.0 Å². The number of carbonyl (C=O) groups is 1. The van der Waals surface area contributed by atoms with Crippen LogP contribution in [0.15, 0.2) is 47.3 Å². The summed E-state index contributed by atoms with van der Waals surface area (Å²) in [5.74, 6) is -7.38. The number of carbonyl (C=O) groups excluding carboxylic acids is 1. The molecule has 0 saturated heterocycles. The Balaban J connectivity index is 1.50. The van der Waals surface area contributed by atoms with E-state index in [0.717, 1.165) is 24.1 Å². The van der Waals surface area contributed by atoms with Gasteiger partial charge in [-0.2, -0.15) is 18.3 Å². The largest absolute Gasteiger partial charge is 0.387 e. The topological polar surface area (TPSA) is 139 Å². The number of rotatable bonds is 11. The number of pyridine rings is 1. The van der Waals surface area contributed by atoms with Gasteiger partial charge in [-0.15, -0.1) is 0 Å². The highest BCUT2D eigenvalue weighted by Crippen LogP contribution is 2.48. The number of imidazole rings is 1. The lowest BCUT2D eigenvalue weighted by molar-refractivity contribution is -0.123. The van der Waals surface area contributed by atoms with E-state index in [-0.39, 0.29) is 40.5 Å². The molecule has 0 bridgehead atoms. The van der Waals surface area contributed by atoms with Crippen molar-refractivity contribution < 1.29 is 31.1 Å². The molecule has 2 aromatic carbocycles. The number of benzene rings is 2. The number of hydrogen-bond donors (Lipinski definition) is 4. The van der Waals surface area contributed by atoms with Crippen molar-refractivity contribution in [2.24, 2.45) is 16.0 Å². The van der Waals surface area contributed by atoms with Gasteiger partial charge in [-0.05, 0) is 48.6 Å². The highest BCUT2D eigenvalue weighted by Gasteiger charge is 2.51. The summed E-state index contributed by atoms with van der Waals surface area (Å²) in [7, 11) is 1.63. The van der Waals surface area contributed by atoms with E-state index in [1.165, 1.54) is 19.4 Å². The number of fused-ring (bicyclic) bond motifs is 2. The minimum Gasteiger partial charge on any atom is -0.387 e. The van der Waals surface area contributed by atoms with Crippen LogP contribution in [0.1, 0.15) is 53.2 Å². The van der Waals surface area contributed by atoms with Gasteiger partial charge >= 0.3 is 0 Å². The number of aromatic amines is 1. The first-order chi connectivity index (χ1) is 24.2. The maximum absolute atomic E-state index is 15.2. The average molecular weight is 750 g/mol. The van der Waals surface area contributed by atoms with E-state index < -0.39 is 59.8 Å². The van der Waals surface area contributed by atoms with Gasteiger partial charge in [0.1, 0.15) is 35.4 Å². The first-order valence-corrected chi connectivity index (χ1v) is 17.0. The van der Waals surface area contributed by atoms with Crippen LogP contribution in [-0.4, -0.2) is 49.8 Å². The van der Waals surface area contributed by atoms with Gasteiger partial charge < -0.3 is 21.4 Å². The smallest absolute Gasteiger partial charge is 0.292 e. The van der Waals surface area contributed by atoms with Crippen LogP contribution in [0.25, 0.3) is 22.2 Å². The van der Waals surface area contributed by atoms with E-state index in [2.05, 4.69) is 35.1 Å². The van der Waals surface area contributed by atoms with Crippen LogP contribution in [0, 0.1) is 17.6 Å². The van der Waals surface area contributed by atoms with Crippen molar-refractivity contribution in [3.63, 3.8) is 0 Å². The molecule has 18 heteroatoms. The minimum atomic E-state index is -3.52. The molecule has 1 aliphatic rings. The SMILES string of the molecule is CNc1c(-c2c([C@@H](Cc3cc(F)cc(F)c3)NC(=O)Cn3nc(C(F)F)c4c3C(F)(F)C(C)C4)ncc3[nH]cnc23)ccc(Cl)c1/C(N)=N/SC. The Morgan fingerprint density at radius 3 is 2.59 bits per heavy atom. The molecule has 3 heterocycles. The molecule has 51 heavy (non-hydrogen) atoms. The maximum atomic E-state index is 15.2. The van der Waals surface area contributed by atoms with Crippen molar-refractivity contribution in [1.29, 1.82) is 0 Å². The summed E-state index contributed by atoms with van der Waals surface area (Å²) < 4.78 is 91.9. The molecular weight excluding hydrogens is 720 g/mol. The van der Waals surface area contributed by atoms with Gasteiger partial charge in [-0.3, -0.25) is 14.5 Å². The number of anilines is 1. The Morgan fingerprint density at radius 1 is 1.20 bits per heavy atom. The number of nitrogens with two attached hydrogens (primary N) is 1. The monoisotopic (exact) mass is 749 g/mol. The second-order valence-electron chi connectivity index (χ2n) is 11.9. The first kappa shape index (κ1) is 36.0. The summed E-state index contributed by atoms with van der Waals surface area (Å²) in [5, 5.41) is 9.81. The Hall–Kier alpha value is -4.77. The summed E-state index contributed by atoms with van der Waals surface area (Å²) >= 11 is 7.70. The Kier molecular flexibility index (Phi) is 9.96. The van der Waals surface area contributed by atoms with Gasteiger partial charge in [-0.25, -0.2) is 22.5 Å². The van der Waals surface area contributed by atoms with Gasteiger partial charge in [0.25, 0.3) is 12.3 Å². The van der Waals surface area contributed by atoms with Gasteiger partial charge in [-0.1, -0.05) is 24.6 Å². The van der Waals surface area contributed by atoms with E-state index in [1.54, 1.807) is 25.4 Å². The van der Waals surface area contributed by atoms with Gasteiger partial charge in [0.2, 0.25) is 5.91 Å². The molecule has 3 aromatic heterocycles. The second-order valence-corrected chi connectivity index (χ2v) is 12.9. The number of H-pyrrole nitrogens is 1. The van der Waals surface area contributed by atoms with Crippen LogP contribution in [0.4, 0.5) is 32.0 Å². The van der Waals surface area contributed by atoms with E-state index in [0.29, 0.717) is 44.2 Å². The average Bonchev–Trinajstić information content (AvgIpc) is 3.74. The third kappa shape index (κ3) is 6.71. The first-order valence-electron chi connectivity index (χ1n) is 15.4. The molecule has 0 radical (unpaired) electrons. The number of amides is 1. The lowest BCUT2D eigenvalue weighted by atomic mass is 9.92. The highest BCUT2D eigenvalue weighted by atomic mass is 35.5. The predicted octanol–water partition coefficient (Wildman–Crippen LogP) is 7.10. The Bertz CT molecular complexity index is 2150. The zero-order valence-electron chi connectivity index (χ0n) is 27.2. The highest BCUT2D eigenvalue weighted by molar-refractivity contribution is 7.97. The van der Waals surface area contributed by atoms with Crippen molar-refractivity contribution in [3.05, 3.63) is 93.3 Å². The number of halogens is 7. The molecule has 1 amide bonds. The predicted molar refractivity (Wildman–Crippen MR) is 183 cm³/mol. The summed E-state index contributed by atoms with van der Waals surface area (Å²) in [6.07, 6.45) is 0.864. The zero-order chi connectivity index (χ0) is 36.8. The van der Waals surface area contributed by atoms with E-state index in [1.807, 2.05) is 0 Å². The minimum absolute atomic E-state index is 0.101. The van der Waals surface area contributed by atoms with Gasteiger partial charge in [0.15, 0.2) is 0 Å². The quantitative estimate of drug-likeness (QED) is 0.0489. The summed E-state index contributed by atoms with van der Waals surface area (Å²) in [6, 6.07) is 4.90. The number of nitrogens with one attached hydrogen (secondary N) is 3. The molecule has 0 spiro atoms. The third-order valence-electron chi connectivity index (χ3n) is 8.67. The van der Waals surface area contributed by atoms with Crippen LogP contribution in [0.3, 0.4) is 0 Å². The molecular formula is C33H30ClF6N9OS. The normalized spacial score (nSPS) is 16.1. The van der Waals surface area contributed by atoms with Crippen LogP contribution in [0.5, 0.6) is 0 Å². The summed E-state index contributed by atoms with van der Waals surface area (Å²) in [6.45, 7) is 0.369. The lowest BCUT2D eigenvalue weighted by Gasteiger charge is -2.24. The Labute approximate surface area is 296 Å². The molecule has 2 atom stereocenters. The zero-order valence-corrected chi connectivity index (χ0v) is 28.7. The van der Waals surface area contributed by atoms with E-state index in [9.17, 15) is 22.4 Å². The van der Waals surface area contributed by atoms with Crippen molar-refractivity contribution in [2.75, 3.05) is 18.6 Å². The fourth-order valence-corrected chi connectivity index (χ4v) is 7.04. The molecule has 268 valence electrons. The molecule has 0 saturated carbocycles.